The molecule has 0 saturated carbocycles. The van der Waals surface area contributed by atoms with Crippen molar-refractivity contribution in [1.82, 2.24) is 5.32 Å². The van der Waals surface area contributed by atoms with Crippen molar-refractivity contribution in [3.63, 3.8) is 0 Å². The third-order valence-electron chi connectivity index (χ3n) is 3.33. The molecule has 0 fully saturated rings. The number of benzene rings is 2. The maximum Gasteiger partial charge on any atom is 0.261 e. The molecule has 0 heterocycles. The first kappa shape index (κ1) is 15.8. The number of rotatable bonds is 6. The largest absolute Gasteiger partial charge is 0.386 e. The van der Waals surface area contributed by atoms with Crippen LogP contribution in [-0.2, 0) is 9.63 Å². The summed E-state index contributed by atoms with van der Waals surface area (Å²) in [7, 11) is 0. The van der Waals surface area contributed by atoms with Gasteiger partial charge in [0.2, 0.25) is 0 Å². The van der Waals surface area contributed by atoms with E-state index in [2.05, 4.69) is 10.5 Å². The highest BCUT2D eigenvalue weighted by molar-refractivity contribution is 5.81. The molecule has 1 atom stereocenters. The van der Waals surface area contributed by atoms with Crippen LogP contribution in [0, 0.1) is 6.92 Å². The van der Waals surface area contributed by atoms with E-state index in [4.69, 9.17) is 4.84 Å². The van der Waals surface area contributed by atoms with E-state index in [1.54, 1.807) is 6.21 Å². The lowest BCUT2D eigenvalue weighted by molar-refractivity contribution is -0.126. The average molecular weight is 296 g/mol. The van der Waals surface area contributed by atoms with Crippen molar-refractivity contribution < 1.29 is 9.63 Å². The molecule has 2 aromatic carbocycles. The lowest BCUT2D eigenvalue weighted by Gasteiger charge is -2.13. The first-order chi connectivity index (χ1) is 10.7. The predicted octanol–water partition coefficient (Wildman–Crippen LogP) is 3.22. The lowest BCUT2D eigenvalue weighted by Crippen LogP contribution is -2.29. The van der Waals surface area contributed by atoms with E-state index < -0.39 is 0 Å². The molecule has 22 heavy (non-hydrogen) atoms. The summed E-state index contributed by atoms with van der Waals surface area (Å²) < 4.78 is 0. The van der Waals surface area contributed by atoms with Crippen LogP contribution in [0.2, 0.25) is 0 Å². The van der Waals surface area contributed by atoms with Gasteiger partial charge in [-0.05, 0) is 30.5 Å². The third kappa shape index (κ3) is 4.74. The van der Waals surface area contributed by atoms with Gasteiger partial charge in [0.25, 0.3) is 5.91 Å². The summed E-state index contributed by atoms with van der Waals surface area (Å²) >= 11 is 0. The van der Waals surface area contributed by atoms with E-state index in [-0.39, 0.29) is 18.6 Å². The van der Waals surface area contributed by atoms with Gasteiger partial charge in [0.15, 0.2) is 6.61 Å². The second-order valence-electron chi connectivity index (χ2n) is 5.06. The smallest absolute Gasteiger partial charge is 0.261 e. The summed E-state index contributed by atoms with van der Waals surface area (Å²) in [4.78, 5) is 16.8. The molecule has 4 nitrogen and oxygen atoms in total. The minimum Gasteiger partial charge on any atom is -0.386 e. The summed E-state index contributed by atoms with van der Waals surface area (Å²) in [6, 6.07) is 17.6. The number of amides is 1. The van der Waals surface area contributed by atoms with Gasteiger partial charge >= 0.3 is 0 Å². The van der Waals surface area contributed by atoms with Crippen LogP contribution in [0.4, 0.5) is 0 Å². The fourth-order valence-corrected chi connectivity index (χ4v) is 2.03. The van der Waals surface area contributed by atoms with Crippen molar-refractivity contribution in [3.05, 3.63) is 71.3 Å². The molecule has 2 aromatic rings. The Morgan fingerprint density at radius 2 is 1.86 bits per heavy atom. The number of hydrogen-bond donors (Lipinski definition) is 1. The molecule has 0 aliphatic carbocycles. The number of aryl methyl sites for hydroxylation is 1. The summed E-state index contributed by atoms with van der Waals surface area (Å²) in [6.45, 7) is 3.83. The van der Waals surface area contributed by atoms with Crippen LogP contribution in [0.25, 0.3) is 0 Å². The van der Waals surface area contributed by atoms with Crippen LogP contribution in [0.5, 0.6) is 0 Å². The quantitative estimate of drug-likeness (QED) is 0.657. The molecule has 4 heteroatoms. The highest BCUT2D eigenvalue weighted by Crippen LogP contribution is 2.10. The normalized spacial score (nSPS) is 12.1. The number of oxime groups is 1. The van der Waals surface area contributed by atoms with Crippen molar-refractivity contribution >= 4 is 12.1 Å². The molecule has 0 saturated heterocycles. The van der Waals surface area contributed by atoms with Gasteiger partial charge in [-0.25, -0.2) is 0 Å². The molecule has 1 N–H and O–H groups in total. The maximum absolute atomic E-state index is 11.8. The molecule has 1 amide bonds. The predicted molar refractivity (Wildman–Crippen MR) is 87.7 cm³/mol. The summed E-state index contributed by atoms with van der Waals surface area (Å²) in [5.74, 6) is -0.196. The van der Waals surface area contributed by atoms with E-state index in [1.165, 1.54) is 0 Å². The second kappa shape index (κ2) is 7.98. The van der Waals surface area contributed by atoms with Crippen LogP contribution in [0.3, 0.4) is 0 Å². The highest BCUT2D eigenvalue weighted by atomic mass is 16.6. The van der Waals surface area contributed by atoms with Crippen molar-refractivity contribution in [2.75, 3.05) is 6.61 Å². The maximum atomic E-state index is 11.8. The van der Waals surface area contributed by atoms with Gasteiger partial charge in [-0.2, -0.15) is 0 Å². The molecule has 2 rings (SSSR count). The molecule has 0 bridgehead atoms. The van der Waals surface area contributed by atoms with Gasteiger partial charge < -0.3 is 10.2 Å². The fourth-order valence-electron chi connectivity index (χ4n) is 2.03. The zero-order valence-electron chi connectivity index (χ0n) is 12.8. The topological polar surface area (TPSA) is 50.7 Å². The Hall–Kier alpha value is -2.62. The van der Waals surface area contributed by atoms with Crippen molar-refractivity contribution in [1.29, 1.82) is 0 Å². The summed E-state index contributed by atoms with van der Waals surface area (Å²) in [6.07, 6.45) is 1.61. The SMILES string of the molecule is Cc1ccccc1/C=N\OCC(=O)N[C@@H](C)c1ccccc1. The number of nitrogens with one attached hydrogen (secondary N) is 1. The number of carbonyl (C=O) groups excluding carboxylic acids is 1. The van der Waals surface area contributed by atoms with Crippen molar-refractivity contribution in [3.8, 4) is 0 Å². The molecule has 0 aliphatic rings. The first-order valence-electron chi connectivity index (χ1n) is 7.22. The Balaban J connectivity index is 1.77. The van der Waals surface area contributed by atoms with Gasteiger partial charge in [-0.3, -0.25) is 4.79 Å². The fraction of sp³-hybridized carbons (Fsp3) is 0.222. The van der Waals surface area contributed by atoms with Gasteiger partial charge in [-0.1, -0.05) is 59.8 Å². The molecule has 0 spiro atoms. The Bertz CT molecular complexity index is 639. The minimum absolute atomic E-state index is 0.0577. The van der Waals surface area contributed by atoms with E-state index in [9.17, 15) is 4.79 Å². The van der Waals surface area contributed by atoms with Crippen LogP contribution in [0.15, 0.2) is 59.8 Å². The standard InChI is InChI=1S/C18H20N2O2/c1-14-8-6-7-11-17(14)12-19-22-13-18(21)20-15(2)16-9-4-3-5-10-16/h3-12,15H,13H2,1-2H3,(H,20,21)/b19-12-/t15-/m0/s1. The second-order valence-corrected chi connectivity index (χ2v) is 5.06. The zero-order chi connectivity index (χ0) is 15.8. The average Bonchev–Trinajstić information content (AvgIpc) is 2.54. The van der Waals surface area contributed by atoms with Gasteiger partial charge in [-0.15, -0.1) is 0 Å². The van der Waals surface area contributed by atoms with Crippen molar-refractivity contribution in [2.24, 2.45) is 5.16 Å². The van der Waals surface area contributed by atoms with E-state index in [0.29, 0.717) is 0 Å². The van der Waals surface area contributed by atoms with Crippen LogP contribution >= 0.6 is 0 Å². The van der Waals surface area contributed by atoms with Gasteiger partial charge in [0.1, 0.15) is 0 Å². The first-order valence-corrected chi connectivity index (χ1v) is 7.22. The molecule has 0 aromatic heterocycles. The number of nitrogens with zero attached hydrogens (tertiary/aromatic N) is 1. The molecular weight excluding hydrogens is 276 g/mol. The van der Waals surface area contributed by atoms with Crippen molar-refractivity contribution in [2.45, 2.75) is 19.9 Å². The molecule has 114 valence electrons. The number of carbonyl (C=O) groups is 1. The monoisotopic (exact) mass is 296 g/mol. The molecule has 0 radical (unpaired) electrons. The van der Waals surface area contributed by atoms with Crippen LogP contribution < -0.4 is 5.32 Å². The Kier molecular flexibility index (Phi) is 5.72. The summed E-state index contributed by atoms with van der Waals surface area (Å²) in [5, 5.41) is 6.71. The highest BCUT2D eigenvalue weighted by Gasteiger charge is 2.09. The Labute approximate surface area is 130 Å². The molecular formula is C18H20N2O2. The Morgan fingerprint density at radius 3 is 2.59 bits per heavy atom. The van der Waals surface area contributed by atoms with E-state index in [0.717, 1.165) is 16.7 Å². The van der Waals surface area contributed by atoms with Crippen LogP contribution in [-0.4, -0.2) is 18.7 Å². The zero-order valence-corrected chi connectivity index (χ0v) is 12.8. The van der Waals surface area contributed by atoms with E-state index in [1.807, 2.05) is 68.4 Å². The third-order valence-corrected chi connectivity index (χ3v) is 3.33. The Morgan fingerprint density at radius 1 is 1.18 bits per heavy atom. The molecule has 0 unspecified atom stereocenters. The van der Waals surface area contributed by atoms with E-state index >= 15 is 0 Å². The van der Waals surface area contributed by atoms with Gasteiger partial charge in [0.05, 0.1) is 12.3 Å². The minimum atomic E-state index is -0.196. The summed E-state index contributed by atoms with van der Waals surface area (Å²) in [5.41, 5.74) is 3.14. The number of hydrogen-bond acceptors (Lipinski definition) is 3. The van der Waals surface area contributed by atoms with Gasteiger partial charge in [0, 0.05) is 0 Å². The molecule has 0 aliphatic heterocycles. The lowest BCUT2D eigenvalue weighted by atomic mass is 10.1. The van der Waals surface area contributed by atoms with Crippen LogP contribution in [0.1, 0.15) is 29.7 Å².